The summed E-state index contributed by atoms with van der Waals surface area (Å²) in [5.74, 6) is -0.0629. The highest BCUT2D eigenvalue weighted by Gasteiger charge is 2.19. The molecule has 0 aromatic rings. The summed E-state index contributed by atoms with van der Waals surface area (Å²) in [5, 5.41) is 11.5. The van der Waals surface area contributed by atoms with Gasteiger partial charge in [-0.1, -0.05) is 20.8 Å². The van der Waals surface area contributed by atoms with E-state index in [9.17, 15) is 4.79 Å². The molecule has 0 bridgehead atoms. The van der Waals surface area contributed by atoms with E-state index >= 15 is 0 Å². The second-order valence-corrected chi connectivity index (χ2v) is 3.57. The topological polar surface area (TPSA) is 75.3 Å². The minimum atomic E-state index is -0.486. The Kier molecular flexibility index (Phi) is 5.66. The zero-order chi connectivity index (χ0) is 10.4. The van der Waals surface area contributed by atoms with E-state index in [0.717, 1.165) is 0 Å². The van der Waals surface area contributed by atoms with Crippen molar-refractivity contribution in [3.05, 3.63) is 0 Å². The lowest BCUT2D eigenvalue weighted by atomic mass is 10.0. The molecule has 0 rings (SSSR count). The summed E-state index contributed by atoms with van der Waals surface area (Å²) in [6, 6.07) is -0.655. The summed E-state index contributed by atoms with van der Waals surface area (Å²) in [5.41, 5.74) is 5.62. The third-order valence-electron chi connectivity index (χ3n) is 2.08. The fourth-order valence-electron chi connectivity index (χ4n) is 0.877. The molecule has 4 N–H and O–H groups in total. The van der Waals surface area contributed by atoms with E-state index in [4.69, 9.17) is 10.8 Å². The maximum Gasteiger partial charge on any atom is 0.237 e. The highest BCUT2D eigenvalue weighted by molar-refractivity contribution is 5.81. The predicted octanol–water partition coefficient (Wildman–Crippen LogP) is -0.143. The largest absolute Gasteiger partial charge is 0.394 e. The molecule has 0 aliphatic carbocycles. The molecule has 2 unspecified atom stereocenters. The molecule has 0 saturated heterocycles. The van der Waals surface area contributed by atoms with Crippen molar-refractivity contribution >= 4 is 5.91 Å². The van der Waals surface area contributed by atoms with Crippen LogP contribution in [0.15, 0.2) is 0 Å². The van der Waals surface area contributed by atoms with E-state index in [-0.39, 0.29) is 24.5 Å². The van der Waals surface area contributed by atoms with E-state index < -0.39 is 6.04 Å². The quantitative estimate of drug-likeness (QED) is 0.562. The maximum atomic E-state index is 11.4. The van der Waals surface area contributed by atoms with E-state index in [0.29, 0.717) is 6.42 Å². The first kappa shape index (κ1) is 12.4. The molecule has 0 aliphatic rings. The molecule has 0 aromatic carbocycles. The SMILES string of the molecule is CCC(CO)NC(=O)C(N)C(C)C. The first-order valence-electron chi connectivity index (χ1n) is 4.69. The Hall–Kier alpha value is -0.610. The molecule has 0 spiro atoms. The van der Waals surface area contributed by atoms with Gasteiger partial charge in [0.25, 0.3) is 0 Å². The molecule has 1 amide bonds. The number of carbonyl (C=O) groups excluding carboxylic acids is 1. The zero-order valence-corrected chi connectivity index (χ0v) is 8.58. The van der Waals surface area contributed by atoms with Gasteiger partial charge in [0, 0.05) is 0 Å². The van der Waals surface area contributed by atoms with Gasteiger partial charge < -0.3 is 16.2 Å². The second kappa shape index (κ2) is 5.94. The van der Waals surface area contributed by atoms with Crippen molar-refractivity contribution in [2.24, 2.45) is 11.7 Å². The summed E-state index contributed by atoms with van der Waals surface area (Å²) in [6.45, 7) is 5.66. The molecule has 4 nitrogen and oxygen atoms in total. The summed E-state index contributed by atoms with van der Waals surface area (Å²) in [6.07, 6.45) is 0.715. The monoisotopic (exact) mass is 188 g/mol. The van der Waals surface area contributed by atoms with Crippen molar-refractivity contribution in [3.8, 4) is 0 Å². The molecular formula is C9H20N2O2. The standard InChI is InChI=1S/C9H20N2O2/c1-4-7(5-12)11-9(13)8(10)6(2)3/h6-8,12H,4-5,10H2,1-3H3,(H,11,13). The number of carbonyl (C=O) groups is 1. The Labute approximate surface area is 79.5 Å². The fourth-order valence-corrected chi connectivity index (χ4v) is 0.877. The van der Waals surface area contributed by atoms with E-state index in [2.05, 4.69) is 5.32 Å². The Morgan fingerprint density at radius 3 is 2.38 bits per heavy atom. The average molecular weight is 188 g/mol. The molecule has 0 fully saturated rings. The van der Waals surface area contributed by atoms with Crippen LogP contribution in [0.3, 0.4) is 0 Å². The van der Waals surface area contributed by atoms with Crippen LogP contribution in [-0.2, 0) is 4.79 Å². The number of amides is 1. The van der Waals surface area contributed by atoms with Gasteiger partial charge in [0.2, 0.25) is 5.91 Å². The number of nitrogens with two attached hydrogens (primary N) is 1. The highest BCUT2D eigenvalue weighted by Crippen LogP contribution is 1.99. The van der Waals surface area contributed by atoms with Crippen molar-refractivity contribution < 1.29 is 9.90 Å². The number of nitrogens with one attached hydrogen (secondary N) is 1. The molecule has 13 heavy (non-hydrogen) atoms. The molecule has 4 heteroatoms. The van der Waals surface area contributed by atoms with E-state index in [1.165, 1.54) is 0 Å². The highest BCUT2D eigenvalue weighted by atomic mass is 16.3. The lowest BCUT2D eigenvalue weighted by molar-refractivity contribution is -0.124. The molecule has 0 aromatic heterocycles. The van der Waals surface area contributed by atoms with Crippen LogP contribution in [0.2, 0.25) is 0 Å². The molecule has 0 heterocycles. The molecule has 0 saturated carbocycles. The number of aliphatic hydroxyl groups is 1. The first-order valence-corrected chi connectivity index (χ1v) is 4.69. The average Bonchev–Trinajstić information content (AvgIpc) is 2.12. The van der Waals surface area contributed by atoms with Gasteiger partial charge in [-0.05, 0) is 12.3 Å². The Morgan fingerprint density at radius 1 is 1.54 bits per heavy atom. The van der Waals surface area contributed by atoms with Gasteiger partial charge >= 0.3 is 0 Å². The molecular weight excluding hydrogens is 168 g/mol. The second-order valence-electron chi connectivity index (χ2n) is 3.57. The third-order valence-corrected chi connectivity index (χ3v) is 2.08. The Balaban J connectivity index is 3.98. The van der Waals surface area contributed by atoms with Crippen molar-refractivity contribution in [3.63, 3.8) is 0 Å². The van der Waals surface area contributed by atoms with Gasteiger partial charge in [-0.3, -0.25) is 4.79 Å². The number of hydrogen-bond acceptors (Lipinski definition) is 3. The Morgan fingerprint density at radius 2 is 2.08 bits per heavy atom. The number of rotatable bonds is 5. The number of aliphatic hydroxyl groups excluding tert-OH is 1. The van der Waals surface area contributed by atoms with Gasteiger partial charge in [0.1, 0.15) is 0 Å². The fraction of sp³-hybridized carbons (Fsp3) is 0.889. The van der Waals surface area contributed by atoms with Crippen molar-refractivity contribution in [1.82, 2.24) is 5.32 Å². The maximum absolute atomic E-state index is 11.4. The normalized spacial score (nSPS) is 15.5. The van der Waals surface area contributed by atoms with Crippen molar-refractivity contribution in [2.75, 3.05) is 6.61 Å². The van der Waals surface area contributed by atoms with Crippen LogP contribution in [0.25, 0.3) is 0 Å². The third kappa shape index (κ3) is 4.24. The van der Waals surface area contributed by atoms with Crippen LogP contribution >= 0.6 is 0 Å². The summed E-state index contributed by atoms with van der Waals surface area (Å²) < 4.78 is 0. The molecule has 0 aliphatic heterocycles. The van der Waals surface area contributed by atoms with Crippen LogP contribution in [0, 0.1) is 5.92 Å². The van der Waals surface area contributed by atoms with Gasteiger partial charge in [0.05, 0.1) is 18.7 Å². The summed E-state index contributed by atoms with van der Waals surface area (Å²) in [4.78, 5) is 11.4. The van der Waals surface area contributed by atoms with Crippen molar-refractivity contribution in [1.29, 1.82) is 0 Å². The van der Waals surface area contributed by atoms with Crippen molar-refractivity contribution in [2.45, 2.75) is 39.3 Å². The van der Waals surface area contributed by atoms with Gasteiger partial charge in [-0.15, -0.1) is 0 Å². The van der Waals surface area contributed by atoms with Crippen LogP contribution in [-0.4, -0.2) is 29.7 Å². The summed E-state index contributed by atoms with van der Waals surface area (Å²) >= 11 is 0. The smallest absolute Gasteiger partial charge is 0.237 e. The Bertz CT molecular complexity index is 156. The van der Waals surface area contributed by atoms with Crippen LogP contribution < -0.4 is 11.1 Å². The molecule has 78 valence electrons. The first-order chi connectivity index (χ1) is 6.02. The lowest BCUT2D eigenvalue weighted by Gasteiger charge is -2.19. The van der Waals surface area contributed by atoms with Gasteiger partial charge in [-0.2, -0.15) is 0 Å². The van der Waals surface area contributed by atoms with Crippen LogP contribution in [0.4, 0.5) is 0 Å². The minimum absolute atomic E-state index is 0.0347. The zero-order valence-electron chi connectivity index (χ0n) is 8.58. The molecule has 2 atom stereocenters. The van der Waals surface area contributed by atoms with Gasteiger partial charge in [-0.25, -0.2) is 0 Å². The minimum Gasteiger partial charge on any atom is -0.394 e. The summed E-state index contributed by atoms with van der Waals surface area (Å²) in [7, 11) is 0. The van der Waals surface area contributed by atoms with E-state index in [1.807, 2.05) is 20.8 Å². The lowest BCUT2D eigenvalue weighted by Crippen LogP contribution is -2.48. The van der Waals surface area contributed by atoms with Crippen LogP contribution in [0.5, 0.6) is 0 Å². The van der Waals surface area contributed by atoms with Crippen LogP contribution in [0.1, 0.15) is 27.2 Å². The van der Waals surface area contributed by atoms with E-state index in [1.54, 1.807) is 0 Å². The molecule has 0 radical (unpaired) electrons. The predicted molar refractivity (Wildman–Crippen MR) is 52.1 cm³/mol. The number of hydrogen-bond donors (Lipinski definition) is 3. The van der Waals surface area contributed by atoms with Gasteiger partial charge in [0.15, 0.2) is 0 Å².